The first-order valence-corrected chi connectivity index (χ1v) is 8.39. The zero-order valence-corrected chi connectivity index (χ0v) is 13.6. The summed E-state index contributed by atoms with van der Waals surface area (Å²) in [6, 6.07) is 16.5. The molecule has 0 bridgehead atoms. The highest BCUT2D eigenvalue weighted by molar-refractivity contribution is 8.06. The van der Waals surface area contributed by atoms with Crippen LogP contribution >= 0.6 is 11.8 Å². The number of nitrogens with zero attached hydrogens (tertiary/aromatic N) is 1. The van der Waals surface area contributed by atoms with Crippen LogP contribution in [0.3, 0.4) is 0 Å². The van der Waals surface area contributed by atoms with Crippen molar-refractivity contribution < 1.29 is 4.79 Å². The topological polar surface area (TPSA) is 32.3 Å². The third-order valence-electron chi connectivity index (χ3n) is 4.10. The number of fused-ring (bicyclic) bond motifs is 1. The van der Waals surface area contributed by atoms with Crippen molar-refractivity contribution in [2.75, 3.05) is 12.4 Å². The van der Waals surface area contributed by atoms with Crippen molar-refractivity contribution >= 4 is 35.1 Å². The van der Waals surface area contributed by atoms with Crippen LogP contribution in [0.25, 0.3) is 11.8 Å². The highest BCUT2D eigenvalue weighted by Crippen LogP contribution is 2.40. The smallest absolute Gasteiger partial charge is 0.228 e. The van der Waals surface area contributed by atoms with E-state index in [1.165, 1.54) is 16.3 Å². The van der Waals surface area contributed by atoms with E-state index in [0.29, 0.717) is 6.42 Å². The lowest BCUT2D eigenvalue weighted by Crippen LogP contribution is -2.10. The van der Waals surface area contributed by atoms with E-state index in [4.69, 9.17) is 0 Å². The number of thioether (sulfide) groups is 1. The molecule has 2 aromatic rings. The second-order valence-electron chi connectivity index (χ2n) is 5.67. The number of hydrogen-bond donors (Lipinski definition) is 1. The van der Waals surface area contributed by atoms with Crippen LogP contribution in [0, 0.1) is 0 Å². The molecule has 0 saturated heterocycles. The Kier molecular flexibility index (Phi) is 3.46. The minimum Gasteiger partial charge on any atom is -0.338 e. The molecule has 2 aliphatic heterocycles. The van der Waals surface area contributed by atoms with Crippen molar-refractivity contribution in [2.45, 2.75) is 6.42 Å². The average Bonchev–Trinajstić information content (AvgIpc) is 3.10. The molecule has 1 N–H and O–H groups in total. The quantitative estimate of drug-likeness (QED) is 0.902. The second kappa shape index (κ2) is 5.63. The molecule has 4 heteroatoms. The fourth-order valence-corrected chi connectivity index (χ4v) is 3.85. The molecule has 3 nitrogen and oxygen atoms in total. The van der Waals surface area contributed by atoms with Gasteiger partial charge in [-0.15, -0.1) is 0 Å². The van der Waals surface area contributed by atoms with Gasteiger partial charge in [0.25, 0.3) is 0 Å². The Bertz CT molecular complexity index is 840. The van der Waals surface area contributed by atoms with E-state index in [2.05, 4.69) is 53.0 Å². The summed E-state index contributed by atoms with van der Waals surface area (Å²) >= 11 is 1.72. The first kappa shape index (κ1) is 14.2. The van der Waals surface area contributed by atoms with Gasteiger partial charge in [-0.2, -0.15) is 0 Å². The van der Waals surface area contributed by atoms with Gasteiger partial charge in [0.2, 0.25) is 5.91 Å². The van der Waals surface area contributed by atoms with Gasteiger partial charge in [-0.3, -0.25) is 4.79 Å². The molecule has 4 rings (SSSR count). The van der Waals surface area contributed by atoms with Crippen LogP contribution in [0.4, 0.5) is 5.69 Å². The lowest BCUT2D eigenvalue weighted by Gasteiger charge is -2.18. The van der Waals surface area contributed by atoms with Gasteiger partial charge in [0, 0.05) is 18.1 Å². The van der Waals surface area contributed by atoms with Crippen molar-refractivity contribution in [3.63, 3.8) is 0 Å². The molecular weight excluding hydrogens is 304 g/mol. The largest absolute Gasteiger partial charge is 0.338 e. The molecule has 0 fully saturated rings. The number of anilines is 1. The Morgan fingerprint density at radius 2 is 2.00 bits per heavy atom. The molecule has 1 amide bonds. The molecule has 2 aliphatic rings. The van der Waals surface area contributed by atoms with Crippen molar-refractivity contribution in [2.24, 2.45) is 0 Å². The molecule has 0 atom stereocenters. The number of rotatable bonds is 2. The van der Waals surface area contributed by atoms with Crippen molar-refractivity contribution in [1.82, 2.24) is 4.90 Å². The number of amides is 1. The first-order chi connectivity index (χ1) is 11.2. The fourth-order valence-electron chi connectivity index (χ4n) is 2.87. The lowest BCUT2D eigenvalue weighted by molar-refractivity contribution is -0.115. The summed E-state index contributed by atoms with van der Waals surface area (Å²) in [7, 11) is 2.08. The summed E-state index contributed by atoms with van der Waals surface area (Å²) in [6.45, 7) is 0. The standard InChI is InChI=1S/C19H16N2OS/c1-21-17(12-23-19(21)9-13-5-3-2-4-6-13)14-7-8-16-15(10-14)11-18(22)20-16/h2-10,12H,11H2,1H3,(H,20,22)/b19-9-. The van der Waals surface area contributed by atoms with Crippen molar-refractivity contribution in [3.05, 3.63) is 75.7 Å². The SMILES string of the molecule is CN1C(c2ccc3c(c2)CC(=O)N3)=CS/C1=C\c1ccccc1. The molecule has 0 aromatic heterocycles. The number of carbonyl (C=O) groups is 1. The fraction of sp³-hybridized carbons (Fsp3) is 0.105. The third-order valence-corrected chi connectivity index (χ3v) is 5.07. The van der Waals surface area contributed by atoms with Crippen LogP contribution in [-0.4, -0.2) is 17.9 Å². The van der Waals surface area contributed by atoms with Gasteiger partial charge in [-0.1, -0.05) is 48.2 Å². The Hall–Kier alpha value is -2.46. The number of carbonyl (C=O) groups excluding carboxylic acids is 1. The van der Waals surface area contributed by atoms with Gasteiger partial charge >= 0.3 is 0 Å². The van der Waals surface area contributed by atoms with Crippen LogP contribution < -0.4 is 5.32 Å². The zero-order valence-electron chi connectivity index (χ0n) is 12.7. The maximum absolute atomic E-state index is 11.5. The van der Waals surface area contributed by atoms with E-state index < -0.39 is 0 Å². The Morgan fingerprint density at radius 3 is 2.83 bits per heavy atom. The number of benzene rings is 2. The van der Waals surface area contributed by atoms with Gasteiger partial charge < -0.3 is 10.2 Å². The maximum Gasteiger partial charge on any atom is 0.228 e. The van der Waals surface area contributed by atoms with E-state index in [1.807, 2.05) is 24.3 Å². The Morgan fingerprint density at radius 1 is 1.17 bits per heavy atom. The summed E-state index contributed by atoms with van der Waals surface area (Å²) in [5, 5.41) is 6.24. The molecule has 0 spiro atoms. The summed E-state index contributed by atoms with van der Waals surface area (Å²) in [6.07, 6.45) is 2.66. The number of nitrogens with one attached hydrogen (secondary N) is 1. The summed E-state index contributed by atoms with van der Waals surface area (Å²) in [5.41, 5.74) is 5.52. The molecule has 0 unspecified atom stereocenters. The highest BCUT2D eigenvalue weighted by Gasteiger charge is 2.22. The van der Waals surface area contributed by atoms with E-state index >= 15 is 0 Å². The zero-order chi connectivity index (χ0) is 15.8. The molecule has 23 heavy (non-hydrogen) atoms. The predicted octanol–water partition coefficient (Wildman–Crippen LogP) is 4.16. The van der Waals surface area contributed by atoms with Crippen LogP contribution in [0.15, 0.2) is 59.0 Å². The average molecular weight is 320 g/mol. The van der Waals surface area contributed by atoms with Crippen molar-refractivity contribution in [1.29, 1.82) is 0 Å². The maximum atomic E-state index is 11.5. The van der Waals surface area contributed by atoms with Crippen molar-refractivity contribution in [3.8, 4) is 0 Å². The van der Waals surface area contributed by atoms with E-state index in [1.54, 1.807) is 11.8 Å². The van der Waals surface area contributed by atoms with Crippen LogP contribution in [0.5, 0.6) is 0 Å². The lowest BCUT2D eigenvalue weighted by atomic mass is 10.1. The van der Waals surface area contributed by atoms with Crippen LogP contribution in [-0.2, 0) is 11.2 Å². The summed E-state index contributed by atoms with van der Waals surface area (Å²) < 4.78 is 0. The molecule has 2 aromatic carbocycles. The van der Waals surface area contributed by atoms with Gasteiger partial charge in [-0.05, 0) is 34.9 Å². The van der Waals surface area contributed by atoms with Gasteiger partial charge in [0.05, 0.1) is 17.1 Å². The van der Waals surface area contributed by atoms with E-state index in [9.17, 15) is 4.79 Å². The monoisotopic (exact) mass is 320 g/mol. The first-order valence-electron chi connectivity index (χ1n) is 7.51. The van der Waals surface area contributed by atoms with Gasteiger partial charge in [0.1, 0.15) is 0 Å². The molecule has 0 aliphatic carbocycles. The second-order valence-corrected chi connectivity index (χ2v) is 6.56. The third kappa shape index (κ3) is 2.66. The molecule has 2 heterocycles. The minimum absolute atomic E-state index is 0.0740. The van der Waals surface area contributed by atoms with Gasteiger partial charge in [-0.25, -0.2) is 0 Å². The molecule has 114 valence electrons. The molecular formula is C19H16N2OS. The Balaban J connectivity index is 1.61. The molecule has 0 saturated carbocycles. The summed E-state index contributed by atoms with van der Waals surface area (Å²) in [5.74, 6) is 0.0740. The van der Waals surface area contributed by atoms with Crippen LogP contribution in [0.1, 0.15) is 16.7 Å². The minimum atomic E-state index is 0.0740. The van der Waals surface area contributed by atoms with Crippen LogP contribution in [0.2, 0.25) is 0 Å². The van der Waals surface area contributed by atoms with E-state index in [-0.39, 0.29) is 5.91 Å². The van der Waals surface area contributed by atoms with E-state index in [0.717, 1.165) is 16.8 Å². The highest BCUT2D eigenvalue weighted by atomic mass is 32.2. The summed E-state index contributed by atoms with van der Waals surface area (Å²) in [4.78, 5) is 13.7. The normalized spacial score (nSPS) is 18.1. The van der Waals surface area contributed by atoms with Gasteiger partial charge in [0.15, 0.2) is 0 Å². The Labute approximate surface area is 139 Å². The predicted molar refractivity (Wildman–Crippen MR) is 96.5 cm³/mol. The number of hydrogen-bond acceptors (Lipinski definition) is 3. The molecule has 0 radical (unpaired) electrons.